The van der Waals surface area contributed by atoms with Gasteiger partial charge in [-0.25, -0.2) is 0 Å². The van der Waals surface area contributed by atoms with E-state index in [-0.39, 0.29) is 5.41 Å². The highest BCUT2D eigenvalue weighted by atomic mass is 35.5. The first-order chi connectivity index (χ1) is 8.86. The summed E-state index contributed by atoms with van der Waals surface area (Å²) >= 11 is 7.84. The van der Waals surface area contributed by atoms with E-state index in [0.717, 1.165) is 28.1 Å². The van der Waals surface area contributed by atoms with E-state index in [1.54, 1.807) is 11.8 Å². The lowest BCUT2D eigenvalue weighted by molar-refractivity contribution is 0.316. The van der Waals surface area contributed by atoms with Crippen LogP contribution < -0.4 is 5.32 Å². The molecule has 0 bridgehead atoms. The van der Waals surface area contributed by atoms with Gasteiger partial charge < -0.3 is 5.32 Å². The van der Waals surface area contributed by atoms with Crippen molar-refractivity contribution in [1.29, 1.82) is 0 Å². The van der Waals surface area contributed by atoms with Crippen molar-refractivity contribution in [2.24, 2.45) is 10.4 Å². The predicted molar refractivity (Wildman–Crippen MR) is 87.6 cm³/mol. The monoisotopic (exact) mass is 296 g/mol. The third kappa shape index (κ3) is 3.90. The van der Waals surface area contributed by atoms with Crippen molar-refractivity contribution >= 4 is 34.2 Å². The minimum Gasteiger partial charge on any atom is -0.335 e. The first-order valence-corrected chi connectivity index (χ1v) is 7.96. The number of aryl methyl sites for hydroxylation is 1. The van der Waals surface area contributed by atoms with Crippen molar-refractivity contribution in [1.82, 2.24) is 0 Å². The van der Waals surface area contributed by atoms with Crippen LogP contribution in [-0.4, -0.2) is 17.0 Å². The summed E-state index contributed by atoms with van der Waals surface area (Å²) in [6.45, 7) is 8.83. The van der Waals surface area contributed by atoms with E-state index in [1.165, 1.54) is 5.56 Å². The molecule has 2 nitrogen and oxygen atoms in total. The Hall–Kier alpha value is -0.670. The third-order valence-corrected chi connectivity index (χ3v) is 4.50. The number of hydrogen-bond acceptors (Lipinski definition) is 3. The number of nitrogens with one attached hydrogen (secondary N) is 1. The Labute approximate surface area is 125 Å². The van der Waals surface area contributed by atoms with E-state index in [9.17, 15) is 0 Å². The molecule has 0 spiro atoms. The summed E-state index contributed by atoms with van der Waals surface area (Å²) in [5.41, 5.74) is 2.45. The third-order valence-electron chi connectivity index (χ3n) is 3.34. The maximum absolute atomic E-state index is 6.05. The second kappa shape index (κ2) is 5.76. The zero-order chi connectivity index (χ0) is 14.0. The van der Waals surface area contributed by atoms with E-state index >= 15 is 0 Å². The molecular formula is C15H21ClN2S. The average Bonchev–Trinajstić information content (AvgIpc) is 2.33. The SMILES string of the molecule is Cc1ccc(Cl)cc1NC1=NC(C(C)(C)C)CCS1. The quantitative estimate of drug-likeness (QED) is 0.791. The number of rotatable bonds is 1. The van der Waals surface area contributed by atoms with Crippen LogP contribution in [-0.2, 0) is 0 Å². The standard InChI is InChI=1S/C15H21ClN2S/c1-10-5-6-11(16)9-12(10)17-14-18-13(7-8-19-14)15(2,3)4/h5-6,9,13H,7-8H2,1-4H3,(H,17,18). The van der Waals surface area contributed by atoms with Crippen molar-refractivity contribution in [3.8, 4) is 0 Å². The Kier molecular flexibility index (Phi) is 4.46. The van der Waals surface area contributed by atoms with Gasteiger partial charge in [0.25, 0.3) is 0 Å². The highest BCUT2D eigenvalue weighted by molar-refractivity contribution is 8.14. The number of amidine groups is 1. The molecule has 0 saturated carbocycles. The largest absolute Gasteiger partial charge is 0.335 e. The Bertz CT molecular complexity index is 491. The normalized spacial score (nSPS) is 20.1. The lowest BCUT2D eigenvalue weighted by Gasteiger charge is -2.31. The summed E-state index contributed by atoms with van der Waals surface area (Å²) in [5, 5.41) is 5.18. The zero-order valence-electron chi connectivity index (χ0n) is 12.0. The van der Waals surface area contributed by atoms with Crippen LogP contribution in [0.25, 0.3) is 0 Å². The molecule has 1 aliphatic heterocycles. The molecule has 104 valence electrons. The zero-order valence-corrected chi connectivity index (χ0v) is 13.5. The molecule has 19 heavy (non-hydrogen) atoms. The summed E-state index contributed by atoms with van der Waals surface area (Å²) in [7, 11) is 0. The Morgan fingerprint density at radius 2 is 2.11 bits per heavy atom. The Morgan fingerprint density at radius 3 is 2.79 bits per heavy atom. The van der Waals surface area contributed by atoms with Crippen molar-refractivity contribution in [3.63, 3.8) is 0 Å². The van der Waals surface area contributed by atoms with Gasteiger partial charge in [0.15, 0.2) is 5.17 Å². The fourth-order valence-corrected chi connectivity index (χ4v) is 3.14. The van der Waals surface area contributed by atoms with Gasteiger partial charge in [-0.1, -0.05) is 50.2 Å². The van der Waals surface area contributed by atoms with Gasteiger partial charge in [-0.05, 0) is 36.5 Å². The van der Waals surface area contributed by atoms with Gasteiger partial charge in [-0.2, -0.15) is 0 Å². The maximum atomic E-state index is 6.05. The lowest BCUT2D eigenvalue weighted by atomic mass is 9.85. The van der Waals surface area contributed by atoms with Crippen LogP contribution >= 0.6 is 23.4 Å². The summed E-state index contributed by atoms with van der Waals surface area (Å²) in [5.74, 6) is 1.12. The summed E-state index contributed by atoms with van der Waals surface area (Å²) in [4.78, 5) is 4.84. The number of hydrogen-bond donors (Lipinski definition) is 1. The molecule has 0 radical (unpaired) electrons. The first kappa shape index (κ1) is 14.7. The van der Waals surface area contributed by atoms with E-state index in [1.807, 2.05) is 18.2 Å². The van der Waals surface area contributed by atoms with Crippen molar-refractivity contribution in [2.45, 2.75) is 40.2 Å². The minimum absolute atomic E-state index is 0.220. The lowest BCUT2D eigenvalue weighted by Crippen LogP contribution is -2.30. The van der Waals surface area contributed by atoms with Crippen LogP contribution in [0.4, 0.5) is 5.69 Å². The van der Waals surface area contributed by atoms with Crippen LogP contribution in [0.15, 0.2) is 23.2 Å². The van der Waals surface area contributed by atoms with Crippen molar-refractivity contribution < 1.29 is 0 Å². The number of anilines is 1. The van der Waals surface area contributed by atoms with Crippen LogP contribution in [0.1, 0.15) is 32.8 Å². The van der Waals surface area contributed by atoms with Crippen molar-refractivity contribution in [2.75, 3.05) is 11.1 Å². The first-order valence-electron chi connectivity index (χ1n) is 6.60. The molecule has 0 aromatic heterocycles. The highest BCUT2D eigenvalue weighted by Crippen LogP contribution is 2.31. The molecule has 1 aliphatic rings. The van der Waals surface area contributed by atoms with Crippen LogP contribution in [0.5, 0.6) is 0 Å². The van der Waals surface area contributed by atoms with Gasteiger partial charge in [-0.3, -0.25) is 4.99 Å². The number of benzene rings is 1. The molecule has 1 atom stereocenters. The van der Waals surface area contributed by atoms with Crippen molar-refractivity contribution in [3.05, 3.63) is 28.8 Å². The number of thioether (sulfide) groups is 1. The van der Waals surface area contributed by atoms with Gasteiger partial charge >= 0.3 is 0 Å². The Balaban J connectivity index is 2.18. The van der Waals surface area contributed by atoms with Gasteiger partial charge in [0, 0.05) is 16.5 Å². The molecule has 1 N–H and O–H groups in total. The van der Waals surface area contributed by atoms with Crippen LogP contribution in [0, 0.1) is 12.3 Å². The predicted octanol–water partition coefficient (Wildman–Crippen LogP) is 4.97. The van der Waals surface area contributed by atoms with Gasteiger partial charge in [-0.15, -0.1) is 0 Å². The summed E-state index contributed by atoms with van der Waals surface area (Å²) in [6.07, 6.45) is 1.15. The smallest absolute Gasteiger partial charge is 0.161 e. The molecule has 1 unspecified atom stereocenters. The fraction of sp³-hybridized carbons (Fsp3) is 0.533. The maximum Gasteiger partial charge on any atom is 0.161 e. The van der Waals surface area contributed by atoms with E-state index in [4.69, 9.17) is 16.6 Å². The molecule has 2 rings (SSSR count). The van der Waals surface area contributed by atoms with Crippen LogP contribution in [0.3, 0.4) is 0 Å². The van der Waals surface area contributed by atoms with Gasteiger partial charge in [0.05, 0.1) is 6.04 Å². The van der Waals surface area contributed by atoms with E-state index < -0.39 is 0 Å². The molecule has 1 aromatic rings. The molecule has 0 fully saturated rings. The fourth-order valence-electron chi connectivity index (χ4n) is 2.05. The molecule has 0 saturated heterocycles. The molecule has 0 amide bonds. The summed E-state index contributed by atoms with van der Waals surface area (Å²) in [6, 6.07) is 6.28. The molecule has 1 aromatic carbocycles. The van der Waals surface area contributed by atoms with E-state index in [2.05, 4.69) is 33.0 Å². The van der Waals surface area contributed by atoms with E-state index in [0.29, 0.717) is 6.04 Å². The topological polar surface area (TPSA) is 24.4 Å². The second-order valence-electron chi connectivity index (χ2n) is 6.04. The Morgan fingerprint density at radius 1 is 1.37 bits per heavy atom. The van der Waals surface area contributed by atoms with Gasteiger partial charge in [0.1, 0.15) is 0 Å². The molecular weight excluding hydrogens is 276 g/mol. The number of nitrogens with zero attached hydrogens (tertiary/aromatic N) is 1. The van der Waals surface area contributed by atoms with Crippen LogP contribution in [0.2, 0.25) is 5.02 Å². The second-order valence-corrected chi connectivity index (χ2v) is 7.56. The molecule has 4 heteroatoms. The number of halogens is 1. The van der Waals surface area contributed by atoms with Gasteiger partial charge in [0.2, 0.25) is 0 Å². The average molecular weight is 297 g/mol. The number of aliphatic imine (C=N–C) groups is 1. The summed E-state index contributed by atoms with van der Waals surface area (Å²) < 4.78 is 0. The molecule has 1 heterocycles. The molecule has 0 aliphatic carbocycles. The minimum atomic E-state index is 0.220. The highest BCUT2D eigenvalue weighted by Gasteiger charge is 2.27.